The van der Waals surface area contributed by atoms with Crippen LogP contribution in [0.15, 0.2) is 30.3 Å². The quantitative estimate of drug-likeness (QED) is 0.487. The molecule has 0 spiro atoms. The largest absolute Gasteiger partial charge is 0.318 e. The van der Waals surface area contributed by atoms with Crippen molar-refractivity contribution < 1.29 is 4.74 Å². The van der Waals surface area contributed by atoms with Crippen molar-refractivity contribution in [1.29, 1.82) is 0 Å². The van der Waals surface area contributed by atoms with E-state index in [0.29, 0.717) is 6.61 Å². The van der Waals surface area contributed by atoms with Gasteiger partial charge in [-0.2, -0.15) is 0 Å². The normalized spacial score (nSPS) is 9.25. The van der Waals surface area contributed by atoms with E-state index in [2.05, 4.69) is 17.0 Å². The van der Waals surface area contributed by atoms with Crippen molar-refractivity contribution in [2.24, 2.45) is 0 Å². The summed E-state index contributed by atoms with van der Waals surface area (Å²) in [5, 5.41) is 0. The first-order valence-electron chi connectivity index (χ1n) is 3.88. The number of nitrogens with zero attached hydrogens (tertiary/aromatic N) is 1. The number of rotatable bonds is 4. The smallest absolute Gasteiger partial charge is 0.313 e. The van der Waals surface area contributed by atoms with Crippen molar-refractivity contribution in [1.82, 2.24) is 0 Å². The molecule has 0 heterocycles. The van der Waals surface area contributed by atoms with E-state index >= 15 is 0 Å². The zero-order valence-corrected chi connectivity index (χ0v) is 6.86. The van der Waals surface area contributed by atoms with E-state index < -0.39 is 0 Å². The maximum atomic E-state index is 6.49. The summed E-state index contributed by atoms with van der Waals surface area (Å²) in [5.74, 6) is 0. The third-order valence-electron chi connectivity index (χ3n) is 1.53. The molecule has 0 amide bonds. The Labute approximate surface area is 72.6 Å². The van der Waals surface area contributed by atoms with Crippen molar-refractivity contribution in [2.75, 3.05) is 13.3 Å². The average molecular weight is 161 g/mol. The van der Waals surface area contributed by atoms with Crippen molar-refractivity contribution in [3.05, 3.63) is 47.3 Å². The number of hydrogen-bond acceptors (Lipinski definition) is 1. The average Bonchev–Trinajstić information content (AvgIpc) is 2.14. The Morgan fingerprint density at radius 3 is 2.67 bits per heavy atom. The highest BCUT2D eigenvalue weighted by molar-refractivity contribution is 5.14. The van der Waals surface area contributed by atoms with Gasteiger partial charge in [0, 0.05) is 0 Å². The fourth-order valence-corrected chi connectivity index (χ4v) is 0.945. The van der Waals surface area contributed by atoms with Crippen LogP contribution in [0.1, 0.15) is 5.56 Å². The molecular weight excluding hydrogens is 150 g/mol. The first-order chi connectivity index (χ1) is 5.93. The molecule has 0 bridgehead atoms. The Morgan fingerprint density at radius 1 is 1.25 bits per heavy atom. The molecule has 2 nitrogen and oxygen atoms in total. The lowest BCUT2D eigenvalue weighted by atomic mass is 10.2. The molecule has 62 valence electrons. The summed E-state index contributed by atoms with van der Waals surface area (Å²) in [5.41, 5.74) is 1.25. The molecule has 0 fully saturated rings. The lowest BCUT2D eigenvalue weighted by Crippen LogP contribution is -1.97. The third-order valence-corrected chi connectivity index (χ3v) is 1.53. The number of benzene rings is 1. The van der Waals surface area contributed by atoms with Gasteiger partial charge < -0.3 is 4.74 Å². The Hall–Kier alpha value is -1.33. The molecule has 0 aliphatic rings. The minimum absolute atomic E-state index is 0.173. The van der Waals surface area contributed by atoms with E-state index in [-0.39, 0.29) is 6.73 Å². The van der Waals surface area contributed by atoms with Gasteiger partial charge in [-0.05, 0) is 12.0 Å². The first kappa shape index (κ1) is 8.76. The summed E-state index contributed by atoms with van der Waals surface area (Å²) < 4.78 is 5.03. The van der Waals surface area contributed by atoms with Crippen LogP contribution in [0.25, 0.3) is 4.85 Å². The Bertz CT molecular complexity index is 250. The van der Waals surface area contributed by atoms with Gasteiger partial charge in [0.15, 0.2) is 0 Å². The topological polar surface area (TPSA) is 13.6 Å². The van der Waals surface area contributed by atoms with E-state index in [0.717, 1.165) is 6.42 Å². The van der Waals surface area contributed by atoms with Crippen LogP contribution in [0.4, 0.5) is 0 Å². The maximum Gasteiger partial charge on any atom is 0.318 e. The van der Waals surface area contributed by atoms with Gasteiger partial charge in [-0.1, -0.05) is 30.3 Å². The summed E-state index contributed by atoms with van der Waals surface area (Å²) in [7, 11) is 0. The van der Waals surface area contributed by atoms with Gasteiger partial charge in [-0.3, -0.25) is 4.85 Å². The molecule has 0 saturated carbocycles. The van der Waals surface area contributed by atoms with E-state index in [4.69, 9.17) is 11.3 Å². The van der Waals surface area contributed by atoms with Crippen LogP contribution in [-0.4, -0.2) is 13.3 Å². The predicted octanol–water partition coefficient (Wildman–Crippen LogP) is 2.12. The molecule has 0 aliphatic heterocycles. The summed E-state index contributed by atoms with van der Waals surface area (Å²) in [6.45, 7) is 7.29. The van der Waals surface area contributed by atoms with E-state index in [9.17, 15) is 0 Å². The van der Waals surface area contributed by atoms with Crippen LogP contribution < -0.4 is 0 Å². The van der Waals surface area contributed by atoms with Crippen LogP contribution in [0, 0.1) is 6.57 Å². The molecule has 0 saturated heterocycles. The molecule has 0 atom stereocenters. The van der Waals surface area contributed by atoms with Crippen LogP contribution in [0.2, 0.25) is 0 Å². The van der Waals surface area contributed by atoms with Crippen LogP contribution in [0.5, 0.6) is 0 Å². The highest BCUT2D eigenvalue weighted by Crippen LogP contribution is 1.99. The fraction of sp³-hybridized carbons (Fsp3) is 0.300. The Kier molecular flexibility index (Phi) is 3.90. The summed E-state index contributed by atoms with van der Waals surface area (Å²) in [6, 6.07) is 10.1. The van der Waals surface area contributed by atoms with Gasteiger partial charge in [0.25, 0.3) is 0 Å². The monoisotopic (exact) mass is 161 g/mol. The number of hydrogen-bond donors (Lipinski definition) is 0. The molecule has 0 radical (unpaired) electrons. The zero-order chi connectivity index (χ0) is 8.65. The predicted molar refractivity (Wildman–Crippen MR) is 47.6 cm³/mol. The molecular formula is C10H11NO. The standard InChI is InChI=1S/C10H11NO/c1-11-9-12-8-7-10-5-3-2-4-6-10/h2-6H,7-9H2. The second kappa shape index (κ2) is 5.34. The van der Waals surface area contributed by atoms with Crippen molar-refractivity contribution in [3.63, 3.8) is 0 Å². The van der Waals surface area contributed by atoms with Crippen LogP contribution in [-0.2, 0) is 11.2 Å². The lowest BCUT2D eigenvalue weighted by Gasteiger charge is -1.97. The van der Waals surface area contributed by atoms with Crippen molar-refractivity contribution >= 4 is 0 Å². The summed E-state index contributed by atoms with van der Waals surface area (Å²) >= 11 is 0. The van der Waals surface area contributed by atoms with Crippen LogP contribution >= 0.6 is 0 Å². The molecule has 1 aromatic carbocycles. The second-order valence-corrected chi connectivity index (χ2v) is 2.43. The van der Waals surface area contributed by atoms with Crippen molar-refractivity contribution in [3.8, 4) is 0 Å². The minimum Gasteiger partial charge on any atom is -0.313 e. The second-order valence-electron chi connectivity index (χ2n) is 2.43. The summed E-state index contributed by atoms with van der Waals surface area (Å²) in [6.07, 6.45) is 0.885. The molecule has 1 aromatic rings. The molecule has 12 heavy (non-hydrogen) atoms. The molecule has 1 rings (SSSR count). The first-order valence-corrected chi connectivity index (χ1v) is 3.88. The third kappa shape index (κ3) is 3.18. The van der Waals surface area contributed by atoms with E-state index in [1.807, 2.05) is 18.2 Å². The fourth-order valence-electron chi connectivity index (χ4n) is 0.945. The van der Waals surface area contributed by atoms with E-state index in [1.165, 1.54) is 5.56 Å². The molecule has 2 heteroatoms. The van der Waals surface area contributed by atoms with Gasteiger partial charge in [0.2, 0.25) is 0 Å². The van der Waals surface area contributed by atoms with Crippen LogP contribution in [0.3, 0.4) is 0 Å². The lowest BCUT2D eigenvalue weighted by molar-refractivity contribution is 0.164. The van der Waals surface area contributed by atoms with Gasteiger partial charge in [0.05, 0.1) is 6.61 Å². The van der Waals surface area contributed by atoms with Gasteiger partial charge in [-0.25, -0.2) is 6.57 Å². The molecule has 0 N–H and O–H groups in total. The Balaban J connectivity index is 2.21. The zero-order valence-electron chi connectivity index (χ0n) is 6.86. The SMILES string of the molecule is [C-]#[N+]COCCc1ccccc1. The van der Waals surface area contributed by atoms with Crippen molar-refractivity contribution in [2.45, 2.75) is 6.42 Å². The highest BCUT2D eigenvalue weighted by Gasteiger charge is 1.91. The van der Waals surface area contributed by atoms with Gasteiger partial charge in [-0.15, -0.1) is 0 Å². The number of ether oxygens (including phenoxy) is 1. The Morgan fingerprint density at radius 2 is 2.00 bits per heavy atom. The molecule has 0 aliphatic carbocycles. The van der Waals surface area contributed by atoms with Gasteiger partial charge in [0.1, 0.15) is 0 Å². The minimum atomic E-state index is 0.173. The van der Waals surface area contributed by atoms with E-state index in [1.54, 1.807) is 0 Å². The molecule has 0 unspecified atom stereocenters. The van der Waals surface area contributed by atoms with Gasteiger partial charge >= 0.3 is 6.73 Å². The highest BCUT2D eigenvalue weighted by atomic mass is 16.5. The maximum absolute atomic E-state index is 6.49. The molecule has 0 aromatic heterocycles. The summed E-state index contributed by atoms with van der Waals surface area (Å²) in [4.78, 5) is 3.09.